The molecule has 8 heteroatoms. The molecule has 0 fully saturated rings. The number of anilines is 2. The Morgan fingerprint density at radius 2 is 1.77 bits per heavy atom. The standard InChI is InChI=1S/C23H23ClN2O4S/c1-14-19(24)10-5-11-20(14)26-21(27)13-31-16-7-4-6-15(12-16)25-22(28)17-8-2-3-9-18(17)23(29)30/h2-7,10-12,17-18H,8-9,13H2,1H3,(H,25,28)(H,26,27)(H,29,30). The highest BCUT2D eigenvalue weighted by Crippen LogP contribution is 2.29. The normalized spacial score (nSPS) is 17.7. The van der Waals surface area contributed by atoms with Gasteiger partial charge in [0, 0.05) is 21.3 Å². The van der Waals surface area contributed by atoms with Crippen LogP contribution in [0.3, 0.4) is 0 Å². The SMILES string of the molecule is Cc1c(Cl)cccc1NC(=O)CSc1cccc(NC(=O)C2CC=CCC2C(=O)O)c1. The van der Waals surface area contributed by atoms with Crippen LogP contribution in [0.15, 0.2) is 59.5 Å². The Hall–Kier alpha value is -2.77. The molecule has 2 aromatic rings. The molecular weight excluding hydrogens is 436 g/mol. The van der Waals surface area contributed by atoms with Gasteiger partial charge in [-0.2, -0.15) is 0 Å². The van der Waals surface area contributed by atoms with Crippen LogP contribution >= 0.6 is 23.4 Å². The zero-order valence-corrected chi connectivity index (χ0v) is 18.5. The number of carboxylic acids is 1. The predicted octanol–water partition coefficient (Wildman–Crippen LogP) is 4.98. The molecule has 2 unspecified atom stereocenters. The zero-order chi connectivity index (χ0) is 22.4. The number of carbonyl (C=O) groups excluding carboxylic acids is 2. The second-order valence-corrected chi connectivity index (χ2v) is 8.72. The number of benzene rings is 2. The minimum absolute atomic E-state index is 0.164. The van der Waals surface area contributed by atoms with E-state index in [9.17, 15) is 19.5 Å². The van der Waals surface area contributed by atoms with Crippen LogP contribution < -0.4 is 10.6 Å². The van der Waals surface area contributed by atoms with E-state index in [2.05, 4.69) is 10.6 Å². The summed E-state index contributed by atoms with van der Waals surface area (Å²) in [7, 11) is 0. The van der Waals surface area contributed by atoms with Gasteiger partial charge >= 0.3 is 5.97 Å². The zero-order valence-electron chi connectivity index (χ0n) is 16.9. The number of hydrogen-bond donors (Lipinski definition) is 3. The molecule has 2 aromatic carbocycles. The molecule has 162 valence electrons. The van der Waals surface area contributed by atoms with Crippen LogP contribution in [0.5, 0.6) is 0 Å². The molecule has 1 aliphatic carbocycles. The summed E-state index contributed by atoms with van der Waals surface area (Å²) < 4.78 is 0. The molecule has 6 nitrogen and oxygen atoms in total. The molecule has 2 atom stereocenters. The van der Waals surface area contributed by atoms with E-state index in [4.69, 9.17) is 11.6 Å². The Balaban J connectivity index is 1.58. The molecule has 0 aliphatic heterocycles. The van der Waals surface area contributed by atoms with Crippen molar-refractivity contribution in [1.82, 2.24) is 0 Å². The summed E-state index contributed by atoms with van der Waals surface area (Å²) in [6.07, 6.45) is 4.40. The Kier molecular flexibility index (Phi) is 7.76. The van der Waals surface area contributed by atoms with E-state index in [1.165, 1.54) is 11.8 Å². The van der Waals surface area contributed by atoms with Gasteiger partial charge in [-0.3, -0.25) is 14.4 Å². The van der Waals surface area contributed by atoms with Crippen LogP contribution in [0.25, 0.3) is 0 Å². The molecule has 0 bridgehead atoms. The lowest BCUT2D eigenvalue weighted by Crippen LogP contribution is -2.34. The molecule has 0 spiro atoms. The summed E-state index contributed by atoms with van der Waals surface area (Å²) in [4.78, 5) is 37.2. The first-order chi connectivity index (χ1) is 14.8. The van der Waals surface area contributed by atoms with Crippen molar-refractivity contribution in [2.24, 2.45) is 11.8 Å². The molecule has 31 heavy (non-hydrogen) atoms. The van der Waals surface area contributed by atoms with Gasteiger partial charge in [-0.15, -0.1) is 11.8 Å². The number of thioether (sulfide) groups is 1. The van der Waals surface area contributed by atoms with Crippen LogP contribution in [-0.2, 0) is 14.4 Å². The molecule has 1 aliphatic rings. The summed E-state index contributed by atoms with van der Waals surface area (Å²) in [5.41, 5.74) is 2.05. The molecule has 0 radical (unpaired) electrons. The van der Waals surface area contributed by atoms with Crippen molar-refractivity contribution in [2.45, 2.75) is 24.7 Å². The van der Waals surface area contributed by atoms with Crippen LogP contribution in [-0.4, -0.2) is 28.6 Å². The molecule has 0 heterocycles. The number of hydrogen-bond acceptors (Lipinski definition) is 4. The first-order valence-corrected chi connectivity index (χ1v) is 11.2. The predicted molar refractivity (Wildman–Crippen MR) is 124 cm³/mol. The fourth-order valence-corrected chi connectivity index (χ4v) is 4.28. The quantitative estimate of drug-likeness (QED) is 0.401. The van der Waals surface area contributed by atoms with Crippen molar-refractivity contribution in [3.05, 3.63) is 65.2 Å². The van der Waals surface area contributed by atoms with E-state index < -0.39 is 17.8 Å². The monoisotopic (exact) mass is 458 g/mol. The smallest absolute Gasteiger partial charge is 0.307 e. The second-order valence-electron chi connectivity index (χ2n) is 7.26. The third-order valence-corrected chi connectivity index (χ3v) is 6.50. The average Bonchev–Trinajstić information content (AvgIpc) is 2.76. The van der Waals surface area contributed by atoms with Crippen molar-refractivity contribution in [2.75, 3.05) is 16.4 Å². The molecule has 0 aromatic heterocycles. The summed E-state index contributed by atoms with van der Waals surface area (Å²) in [5, 5.41) is 15.6. The largest absolute Gasteiger partial charge is 0.481 e. The van der Waals surface area contributed by atoms with Crippen LogP contribution in [0.4, 0.5) is 11.4 Å². The third kappa shape index (κ3) is 6.12. The summed E-state index contributed by atoms with van der Waals surface area (Å²) in [6, 6.07) is 12.5. The number of halogens is 1. The van der Waals surface area contributed by atoms with E-state index in [-0.39, 0.29) is 17.6 Å². The number of carboxylic acid groups (broad SMARTS) is 1. The van der Waals surface area contributed by atoms with E-state index in [0.29, 0.717) is 29.2 Å². The van der Waals surface area contributed by atoms with Gasteiger partial charge in [-0.1, -0.05) is 35.9 Å². The van der Waals surface area contributed by atoms with Crippen LogP contribution in [0.1, 0.15) is 18.4 Å². The number of rotatable bonds is 7. The first kappa shape index (κ1) is 22.9. The molecule has 2 amide bonds. The van der Waals surface area contributed by atoms with Crippen molar-refractivity contribution < 1.29 is 19.5 Å². The van der Waals surface area contributed by atoms with E-state index >= 15 is 0 Å². The van der Waals surface area contributed by atoms with Crippen molar-refractivity contribution in [3.8, 4) is 0 Å². The lowest BCUT2D eigenvalue weighted by Gasteiger charge is -2.24. The van der Waals surface area contributed by atoms with Crippen LogP contribution in [0, 0.1) is 18.8 Å². The number of nitrogens with one attached hydrogen (secondary N) is 2. The van der Waals surface area contributed by atoms with Gasteiger partial charge in [-0.05, 0) is 55.7 Å². The van der Waals surface area contributed by atoms with E-state index in [0.717, 1.165) is 10.5 Å². The maximum Gasteiger partial charge on any atom is 0.307 e. The second kappa shape index (κ2) is 10.5. The number of aliphatic carboxylic acids is 1. The fourth-order valence-electron chi connectivity index (χ4n) is 3.35. The highest BCUT2D eigenvalue weighted by atomic mass is 35.5. The van der Waals surface area contributed by atoms with Gasteiger partial charge in [0.2, 0.25) is 11.8 Å². The van der Waals surface area contributed by atoms with Crippen molar-refractivity contribution >= 4 is 52.5 Å². The van der Waals surface area contributed by atoms with Gasteiger partial charge < -0.3 is 15.7 Å². The third-order valence-electron chi connectivity index (χ3n) is 5.10. The summed E-state index contributed by atoms with van der Waals surface area (Å²) in [5.74, 6) is -2.57. The van der Waals surface area contributed by atoms with Gasteiger partial charge in [0.25, 0.3) is 0 Å². The van der Waals surface area contributed by atoms with Crippen molar-refractivity contribution in [1.29, 1.82) is 0 Å². The van der Waals surface area contributed by atoms with Gasteiger partial charge in [0.1, 0.15) is 0 Å². The highest BCUT2D eigenvalue weighted by molar-refractivity contribution is 8.00. The van der Waals surface area contributed by atoms with Gasteiger partial charge in [0.05, 0.1) is 17.6 Å². The topological polar surface area (TPSA) is 95.5 Å². The summed E-state index contributed by atoms with van der Waals surface area (Å²) in [6.45, 7) is 1.84. The Morgan fingerprint density at radius 1 is 1.06 bits per heavy atom. The number of carbonyl (C=O) groups is 3. The van der Waals surface area contributed by atoms with Crippen molar-refractivity contribution in [3.63, 3.8) is 0 Å². The maximum absolute atomic E-state index is 12.6. The first-order valence-electron chi connectivity index (χ1n) is 9.81. The number of amides is 2. The van der Waals surface area contributed by atoms with Gasteiger partial charge in [-0.25, -0.2) is 0 Å². The highest BCUT2D eigenvalue weighted by Gasteiger charge is 2.33. The average molecular weight is 459 g/mol. The van der Waals surface area contributed by atoms with Gasteiger partial charge in [0.15, 0.2) is 0 Å². The minimum Gasteiger partial charge on any atom is -0.481 e. The van der Waals surface area contributed by atoms with E-state index in [1.54, 1.807) is 42.5 Å². The number of allylic oxidation sites excluding steroid dienone is 2. The Labute approximate surface area is 190 Å². The molecule has 0 saturated carbocycles. The molecular formula is C23H23ClN2O4S. The van der Waals surface area contributed by atoms with E-state index in [1.807, 2.05) is 19.1 Å². The van der Waals surface area contributed by atoms with Crippen LogP contribution in [0.2, 0.25) is 5.02 Å². The summed E-state index contributed by atoms with van der Waals surface area (Å²) >= 11 is 7.42. The Bertz CT molecular complexity index is 1020. The Morgan fingerprint density at radius 3 is 2.52 bits per heavy atom. The molecule has 3 N–H and O–H groups in total. The maximum atomic E-state index is 12.6. The lowest BCUT2D eigenvalue weighted by atomic mass is 9.82. The minimum atomic E-state index is -0.963. The molecule has 0 saturated heterocycles. The fraction of sp³-hybridized carbons (Fsp3) is 0.261. The lowest BCUT2D eigenvalue weighted by molar-refractivity contribution is -0.146. The molecule has 3 rings (SSSR count).